The van der Waals surface area contributed by atoms with Crippen LogP contribution in [0.25, 0.3) is 22.3 Å². The number of aromatic amines is 1. The zero-order valence-corrected chi connectivity index (χ0v) is 25.8. The van der Waals surface area contributed by atoms with Gasteiger partial charge in [0.1, 0.15) is 42.4 Å². The summed E-state index contributed by atoms with van der Waals surface area (Å²) < 4.78 is 65.7. The molecule has 0 bridgehead atoms. The van der Waals surface area contributed by atoms with E-state index in [1.807, 2.05) is 0 Å². The van der Waals surface area contributed by atoms with Gasteiger partial charge in [-0.2, -0.15) is 4.98 Å². The van der Waals surface area contributed by atoms with Gasteiger partial charge in [-0.1, -0.05) is 12.2 Å². The van der Waals surface area contributed by atoms with Crippen LogP contribution in [0.5, 0.6) is 0 Å². The Bertz CT molecular complexity index is 1950. The molecule has 0 spiro atoms. The number of nitrogen functional groups attached to an aromatic ring is 2. The molecule has 7 N–H and O–H groups in total. The maximum absolute atomic E-state index is 16.0. The van der Waals surface area contributed by atoms with Crippen LogP contribution in [0, 0.1) is 0 Å². The zero-order chi connectivity index (χ0) is 31.8. The highest BCUT2D eigenvalue weighted by Crippen LogP contribution is 2.58. The molecule has 3 fully saturated rings. The largest absolute Gasteiger partial charge is 0.386 e. The lowest BCUT2D eigenvalue weighted by Gasteiger charge is -2.29. The Morgan fingerprint density at radius 3 is 2.44 bits per heavy atom. The highest BCUT2D eigenvalue weighted by molar-refractivity contribution is 8.44. The van der Waals surface area contributed by atoms with Gasteiger partial charge >= 0.3 is 13.5 Å². The van der Waals surface area contributed by atoms with E-state index in [-0.39, 0.29) is 34.1 Å². The van der Waals surface area contributed by atoms with Crippen molar-refractivity contribution < 1.29 is 46.5 Å². The molecule has 45 heavy (non-hydrogen) atoms. The zero-order valence-electron chi connectivity index (χ0n) is 22.3. The summed E-state index contributed by atoms with van der Waals surface area (Å²) in [4.78, 5) is 45.6. The first-order valence-electron chi connectivity index (χ1n) is 12.9. The summed E-state index contributed by atoms with van der Waals surface area (Å²) in [6, 6.07) is 0. The lowest BCUT2D eigenvalue weighted by atomic mass is 10.1. The topological polar surface area (TPSA) is 272 Å². The van der Waals surface area contributed by atoms with Crippen LogP contribution < -0.4 is 17.0 Å². The number of ether oxygens (including phenoxy) is 2. The van der Waals surface area contributed by atoms with Crippen LogP contribution in [0.3, 0.4) is 0 Å². The summed E-state index contributed by atoms with van der Waals surface area (Å²) in [5.74, 6) is -0.169. The van der Waals surface area contributed by atoms with Crippen molar-refractivity contribution in [3.63, 3.8) is 0 Å². The maximum atomic E-state index is 16.0. The molecule has 0 amide bonds. The summed E-state index contributed by atoms with van der Waals surface area (Å²) in [6.07, 6.45) is -8.44. The third-order valence-corrected chi connectivity index (χ3v) is 10.5. The summed E-state index contributed by atoms with van der Waals surface area (Å²) in [7, 11) is 0. The molecule has 7 rings (SSSR count). The van der Waals surface area contributed by atoms with Crippen molar-refractivity contribution in [3.05, 3.63) is 29.3 Å². The van der Waals surface area contributed by atoms with Crippen molar-refractivity contribution in [2.75, 3.05) is 24.7 Å². The summed E-state index contributed by atoms with van der Waals surface area (Å²) in [5, 5.41) is 11.2. The molecule has 25 heteroatoms. The second-order valence-corrected chi connectivity index (χ2v) is 15.8. The van der Waals surface area contributed by atoms with E-state index in [0.717, 1.165) is 10.9 Å². The van der Waals surface area contributed by atoms with Crippen molar-refractivity contribution in [2.45, 2.75) is 49.1 Å². The second kappa shape index (κ2) is 11.2. The average Bonchev–Trinajstić information content (AvgIpc) is 3.72. The van der Waals surface area contributed by atoms with Crippen molar-refractivity contribution >= 4 is 71.7 Å². The molecule has 4 aromatic rings. The smallest absolute Gasteiger partial charge is 0.386 e. The average molecular weight is 709 g/mol. The highest BCUT2D eigenvalue weighted by atomic mass is 32.7. The number of nitrogens with one attached hydrogen (secondary N) is 1. The lowest BCUT2D eigenvalue weighted by Crippen LogP contribution is -2.38. The van der Waals surface area contributed by atoms with E-state index in [0.29, 0.717) is 0 Å². The fourth-order valence-corrected chi connectivity index (χ4v) is 8.21. The normalized spacial score (nSPS) is 37.7. The van der Waals surface area contributed by atoms with Crippen molar-refractivity contribution in [3.8, 4) is 0 Å². The Labute approximate surface area is 260 Å². The van der Waals surface area contributed by atoms with Gasteiger partial charge in [0, 0.05) is 0 Å². The maximum Gasteiger partial charge on any atom is 0.386 e. The number of anilines is 2. The number of aromatic nitrogens is 8. The number of hydrogen-bond acceptors (Lipinski definition) is 17. The molecule has 4 unspecified atom stereocenters. The Hall–Kier alpha value is -2.66. The van der Waals surface area contributed by atoms with Gasteiger partial charge in [0.2, 0.25) is 5.95 Å². The number of thiol groups is 1. The number of hydrogen-bond donors (Lipinski definition) is 6. The molecule has 0 saturated carbocycles. The molecular formula is C20H23FN10O10P2S2. The van der Waals surface area contributed by atoms with Gasteiger partial charge in [0.15, 0.2) is 41.3 Å². The van der Waals surface area contributed by atoms with Crippen LogP contribution in [-0.2, 0) is 43.9 Å². The molecule has 0 aliphatic carbocycles. The number of nitrogens with two attached hydrogens (primary N) is 2. The van der Waals surface area contributed by atoms with Gasteiger partial charge in [0.05, 0.1) is 25.9 Å². The Kier molecular flexibility index (Phi) is 7.74. The van der Waals surface area contributed by atoms with Crippen LogP contribution >= 0.6 is 25.8 Å². The van der Waals surface area contributed by atoms with Gasteiger partial charge in [-0.05, 0) is 11.8 Å². The molecule has 242 valence electrons. The fourth-order valence-electron chi connectivity index (χ4n) is 5.28. The summed E-state index contributed by atoms with van der Waals surface area (Å²) in [5.41, 5.74) is 11.0. The predicted molar refractivity (Wildman–Crippen MR) is 156 cm³/mol. The van der Waals surface area contributed by atoms with E-state index < -0.39 is 81.4 Å². The van der Waals surface area contributed by atoms with Gasteiger partial charge in [-0.3, -0.25) is 32.5 Å². The SMILES string of the molecule is Nc1nc2c(ncn2[C@@H]2OC3COP(O)(=S)O[C@@H]4C(COP(=O)(S)O[C@H]3[C@H]2F)O[C@@H](n2cnc3c(N)ncnc32)[C@@H]4O)c(=O)[nH]1. The number of H-pyrrole nitrogens is 1. The minimum atomic E-state index is -4.39. The molecule has 20 nitrogen and oxygen atoms in total. The highest BCUT2D eigenvalue weighted by Gasteiger charge is 2.53. The number of halogens is 1. The lowest BCUT2D eigenvalue weighted by molar-refractivity contribution is -0.0570. The van der Waals surface area contributed by atoms with E-state index in [2.05, 4.69) is 42.2 Å². The molecule has 3 saturated heterocycles. The molecule has 4 aromatic heterocycles. The number of fused-ring (bicyclic) bond motifs is 4. The van der Waals surface area contributed by atoms with Crippen LogP contribution in [-0.4, -0.2) is 98.9 Å². The van der Waals surface area contributed by atoms with Crippen LogP contribution in [0.1, 0.15) is 12.5 Å². The molecule has 0 radical (unpaired) electrons. The van der Waals surface area contributed by atoms with Gasteiger partial charge in [-0.25, -0.2) is 28.9 Å². The Morgan fingerprint density at radius 1 is 1.00 bits per heavy atom. The molecule has 7 heterocycles. The second-order valence-electron chi connectivity index (χ2n) is 10.1. The number of aliphatic hydroxyl groups excluding tert-OH is 1. The van der Waals surface area contributed by atoms with Gasteiger partial charge in [0.25, 0.3) is 5.56 Å². The molecular weight excluding hydrogens is 685 g/mol. The quantitative estimate of drug-likeness (QED) is 0.115. The molecule has 3 aliphatic rings. The van der Waals surface area contributed by atoms with Crippen LogP contribution in [0.4, 0.5) is 16.2 Å². The van der Waals surface area contributed by atoms with E-state index in [9.17, 15) is 19.4 Å². The summed E-state index contributed by atoms with van der Waals surface area (Å²) >= 11 is 9.20. The predicted octanol–water partition coefficient (Wildman–Crippen LogP) is -0.310. The number of aliphatic hydroxyl groups is 1. The third kappa shape index (κ3) is 5.55. The molecule has 0 aromatic carbocycles. The third-order valence-electron chi connectivity index (χ3n) is 7.28. The number of imidazole rings is 2. The number of alkyl halides is 1. The number of rotatable bonds is 2. The van der Waals surface area contributed by atoms with Crippen molar-refractivity contribution in [2.24, 2.45) is 0 Å². The Morgan fingerprint density at radius 2 is 1.67 bits per heavy atom. The van der Waals surface area contributed by atoms with Gasteiger partial charge < -0.3 is 35.5 Å². The first kappa shape index (κ1) is 31.0. The van der Waals surface area contributed by atoms with Crippen molar-refractivity contribution in [1.29, 1.82) is 0 Å². The van der Waals surface area contributed by atoms with Crippen LogP contribution in [0.2, 0.25) is 0 Å². The van der Waals surface area contributed by atoms with E-state index in [1.54, 1.807) is 0 Å². The van der Waals surface area contributed by atoms with Crippen molar-refractivity contribution in [1.82, 2.24) is 39.0 Å². The van der Waals surface area contributed by atoms with Crippen LogP contribution in [0.15, 0.2) is 23.8 Å². The number of nitrogens with zero attached hydrogens (tertiary/aromatic N) is 7. The first-order chi connectivity index (χ1) is 21.3. The van der Waals surface area contributed by atoms with Gasteiger partial charge in [-0.15, -0.1) is 0 Å². The monoisotopic (exact) mass is 708 g/mol. The van der Waals surface area contributed by atoms with E-state index >= 15 is 4.39 Å². The molecule has 10 atom stereocenters. The fraction of sp³-hybridized carbons (Fsp3) is 0.500. The minimum absolute atomic E-state index is 0.0844. The minimum Gasteiger partial charge on any atom is -0.386 e. The molecule has 3 aliphatic heterocycles. The first-order valence-corrected chi connectivity index (χ1v) is 18.2. The standard InChI is InChI=1S/C20H23FN10O10P2S2/c21-8-12-6(38-18(8)31-5-27-10-16(31)28-20(23)29-17(10)33)1-36-43(35,45)41-13-7(2-37-42(34,44)40-12)39-19(11(13)32)30-4-26-9-14(22)24-3-25-15(9)30/h3-8,11-13,18-19,32H,1-2H2,(H,34,44)(H,35,45)(H2,22,24,25)(H3,23,28,29,33)/t6?,7?,8-,11-,12-,13-,18-,19-,42?,43?/m1/s1. The summed E-state index contributed by atoms with van der Waals surface area (Å²) in [6.45, 7) is -9.82. The van der Waals surface area contributed by atoms with E-state index in [4.69, 9.17) is 50.8 Å². The Balaban J connectivity index is 1.17. The van der Waals surface area contributed by atoms with E-state index in [1.165, 1.54) is 17.2 Å².